The Balaban J connectivity index is 1.40. The third-order valence-corrected chi connectivity index (χ3v) is 9.20. The Kier molecular flexibility index (Phi) is 6.52. The van der Waals surface area contributed by atoms with E-state index in [9.17, 15) is 22.8 Å². The molecule has 0 N–H and O–H groups in total. The standard InChI is InChI=1S/C26H29NO5S/c1-17(2)33(31,32)16-18-8-11-20(12-9-18)24(28)15-19-10-13-22-23(14-19)26(30)27(25(22)29)21-6-4-3-5-7-21/h3-7,10,13-14,17-18,20H,8-9,11-12,15-16H2,1-2H3. The van der Waals surface area contributed by atoms with Gasteiger partial charge in [-0.25, -0.2) is 13.3 Å². The number of imide groups is 1. The molecule has 6 nitrogen and oxygen atoms in total. The van der Waals surface area contributed by atoms with Crippen LogP contribution < -0.4 is 4.90 Å². The molecule has 0 radical (unpaired) electrons. The molecule has 33 heavy (non-hydrogen) atoms. The molecule has 174 valence electrons. The van der Waals surface area contributed by atoms with Crippen LogP contribution in [0.2, 0.25) is 0 Å². The smallest absolute Gasteiger partial charge is 0.266 e. The number of rotatable bonds is 7. The molecular formula is C26H29NO5S. The fraction of sp³-hybridized carbons (Fsp3) is 0.423. The van der Waals surface area contributed by atoms with Gasteiger partial charge in [0.15, 0.2) is 9.84 Å². The van der Waals surface area contributed by atoms with Crippen molar-refractivity contribution in [3.05, 3.63) is 65.2 Å². The summed E-state index contributed by atoms with van der Waals surface area (Å²) in [7, 11) is -3.07. The van der Waals surface area contributed by atoms with Crippen LogP contribution in [0.15, 0.2) is 48.5 Å². The van der Waals surface area contributed by atoms with Crippen molar-refractivity contribution in [3.8, 4) is 0 Å². The van der Waals surface area contributed by atoms with Crippen LogP contribution in [0.25, 0.3) is 0 Å². The van der Waals surface area contributed by atoms with Gasteiger partial charge in [0.2, 0.25) is 0 Å². The van der Waals surface area contributed by atoms with Gasteiger partial charge >= 0.3 is 0 Å². The normalized spacial score (nSPS) is 20.9. The van der Waals surface area contributed by atoms with E-state index in [2.05, 4.69) is 0 Å². The lowest BCUT2D eigenvalue weighted by atomic mass is 9.79. The van der Waals surface area contributed by atoms with Gasteiger partial charge in [-0.3, -0.25) is 14.4 Å². The van der Waals surface area contributed by atoms with Crippen LogP contribution in [0.3, 0.4) is 0 Å². The van der Waals surface area contributed by atoms with Crippen molar-refractivity contribution in [1.29, 1.82) is 0 Å². The Morgan fingerprint density at radius 3 is 2.21 bits per heavy atom. The van der Waals surface area contributed by atoms with Crippen LogP contribution in [0.1, 0.15) is 65.8 Å². The minimum absolute atomic E-state index is 0.0885. The van der Waals surface area contributed by atoms with Crippen LogP contribution in [0, 0.1) is 11.8 Å². The summed E-state index contributed by atoms with van der Waals surface area (Å²) in [6.45, 7) is 3.41. The molecule has 2 aromatic rings. The van der Waals surface area contributed by atoms with Crippen molar-refractivity contribution in [2.45, 2.75) is 51.2 Å². The summed E-state index contributed by atoms with van der Waals surface area (Å²) in [5.74, 6) is -0.388. The van der Waals surface area contributed by atoms with E-state index in [1.54, 1.807) is 56.3 Å². The molecule has 2 amide bonds. The number of nitrogens with zero attached hydrogens (tertiary/aromatic N) is 1. The van der Waals surface area contributed by atoms with E-state index in [1.165, 1.54) is 4.90 Å². The fourth-order valence-corrected chi connectivity index (χ4v) is 6.10. The van der Waals surface area contributed by atoms with Crippen molar-refractivity contribution < 1.29 is 22.8 Å². The zero-order valence-electron chi connectivity index (χ0n) is 19.0. The SMILES string of the molecule is CC(C)S(=O)(=O)CC1CCC(C(=O)Cc2ccc3c(c2)C(=O)N(c2ccccc2)C3=O)CC1. The van der Waals surface area contributed by atoms with E-state index in [-0.39, 0.29) is 46.9 Å². The first kappa shape index (κ1) is 23.4. The number of sulfone groups is 1. The molecule has 0 aromatic heterocycles. The molecule has 2 aromatic carbocycles. The average molecular weight is 468 g/mol. The molecule has 0 unspecified atom stereocenters. The van der Waals surface area contributed by atoms with Crippen molar-refractivity contribution >= 4 is 33.1 Å². The Labute approximate surface area is 194 Å². The number of anilines is 1. The van der Waals surface area contributed by atoms with Crippen LogP contribution in [0.4, 0.5) is 5.69 Å². The number of Topliss-reactive ketones (excluding diaryl/α,β-unsaturated/α-hetero) is 1. The third kappa shape index (κ3) is 4.78. The second-order valence-corrected chi connectivity index (χ2v) is 12.0. The maximum Gasteiger partial charge on any atom is 0.266 e. The van der Waals surface area contributed by atoms with Crippen molar-refractivity contribution in [3.63, 3.8) is 0 Å². The van der Waals surface area contributed by atoms with Gasteiger partial charge < -0.3 is 0 Å². The highest BCUT2D eigenvalue weighted by Gasteiger charge is 2.37. The predicted octanol–water partition coefficient (Wildman–Crippen LogP) is 4.23. The van der Waals surface area contributed by atoms with Crippen molar-refractivity contribution in [2.75, 3.05) is 10.7 Å². The number of para-hydroxylation sites is 1. The number of fused-ring (bicyclic) bond motifs is 1. The highest BCUT2D eigenvalue weighted by molar-refractivity contribution is 7.91. The van der Waals surface area contributed by atoms with E-state index in [4.69, 9.17) is 0 Å². The highest BCUT2D eigenvalue weighted by atomic mass is 32.2. The van der Waals surface area contributed by atoms with Gasteiger partial charge in [-0.05, 0) is 75.3 Å². The Hall–Kier alpha value is -2.80. The minimum Gasteiger partial charge on any atom is -0.299 e. The topological polar surface area (TPSA) is 88.6 Å². The predicted molar refractivity (Wildman–Crippen MR) is 127 cm³/mol. The summed E-state index contributed by atoms with van der Waals surface area (Å²) in [5, 5.41) is -0.371. The number of hydrogen-bond acceptors (Lipinski definition) is 5. The monoisotopic (exact) mass is 467 g/mol. The number of amides is 2. The summed E-state index contributed by atoms with van der Waals surface area (Å²) < 4.78 is 24.4. The van der Waals surface area contributed by atoms with Crippen LogP contribution in [-0.4, -0.2) is 37.0 Å². The third-order valence-electron chi connectivity index (χ3n) is 6.83. The van der Waals surface area contributed by atoms with Crippen LogP contribution in [0.5, 0.6) is 0 Å². The minimum atomic E-state index is -3.07. The Bertz CT molecular complexity index is 1180. The van der Waals surface area contributed by atoms with E-state index in [0.29, 0.717) is 29.7 Å². The lowest BCUT2D eigenvalue weighted by molar-refractivity contribution is -0.123. The van der Waals surface area contributed by atoms with Gasteiger partial charge in [-0.15, -0.1) is 0 Å². The molecule has 1 fully saturated rings. The van der Waals surface area contributed by atoms with Crippen LogP contribution in [-0.2, 0) is 21.1 Å². The van der Waals surface area contributed by atoms with E-state index in [0.717, 1.165) is 18.4 Å². The van der Waals surface area contributed by atoms with Gasteiger partial charge in [-0.1, -0.05) is 24.3 Å². The highest BCUT2D eigenvalue weighted by Crippen LogP contribution is 2.33. The second kappa shape index (κ2) is 9.21. The largest absolute Gasteiger partial charge is 0.299 e. The molecule has 4 rings (SSSR count). The van der Waals surface area contributed by atoms with Gasteiger partial charge in [0.25, 0.3) is 11.8 Å². The quantitative estimate of drug-likeness (QED) is 0.569. The summed E-state index contributed by atoms with van der Waals surface area (Å²) in [4.78, 5) is 39.8. The van der Waals surface area contributed by atoms with Gasteiger partial charge in [-0.2, -0.15) is 0 Å². The van der Waals surface area contributed by atoms with Gasteiger partial charge in [0.05, 0.1) is 27.8 Å². The fourth-order valence-electron chi connectivity index (χ4n) is 4.73. The Morgan fingerprint density at radius 1 is 0.939 bits per heavy atom. The summed E-state index contributed by atoms with van der Waals surface area (Å²) in [5.41, 5.74) is 1.93. The maximum atomic E-state index is 12.9. The molecule has 0 saturated heterocycles. The van der Waals surface area contributed by atoms with E-state index in [1.807, 2.05) is 6.07 Å². The summed E-state index contributed by atoms with van der Waals surface area (Å²) in [6, 6.07) is 13.8. The maximum absolute atomic E-state index is 12.9. The second-order valence-electron chi connectivity index (χ2n) is 9.40. The molecule has 1 heterocycles. The number of ketones is 1. The zero-order valence-corrected chi connectivity index (χ0v) is 19.8. The molecule has 2 aliphatic rings. The number of hydrogen-bond donors (Lipinski definition) is 0. The lowest BCUT2D eigenvalue weighted by Crippen LogP contribution is -2.29. The van der Waals surface area contributed by atoms with E-state index < -0.39 is 9.84 Å². The number of benzene rings is 2. The molecule has 1 aliphatic carbocycles. The molecule has 1 aliphatic heterocycles. The lowest BCUT2D eigenvalue weighted by Gasteiger charge is -2.28. The average Bonchev–Trinajstić information content (AvgIpc) is 3.04. The molecule has 0 bridgehead atoms. The number of carbonyl (C=O) groups is 3. The number of carbonyl (C=O) groups excluding carboxylic acids is 3. The summed E-state index contributed by atoms with van der Waals surface area (Å²) in [6.07, 6.45) is 3.08. The molecular weight excluding hydrogens is 438 g/mol. The molecule has 0 spiro atoms. The zero-order chi connectivity index (χ0) is 23.8. The molecule has 0 atom stereocenters. The van der Waals surface area contributed by atoms with Crippen molar-refractivity contribution in [1.82, 2.24) is 0 Å². The van der Waals surface area contributed by atoms with Crippen LogP contribution >= 0.6 is 0 Å². The first-order valence-electron chi connectivity index (χ1n) is 11.5. The van der Waals surface area contributed by atoms with E-state index >= 15 is 0 Å². The van der Waals surface area contributed by atoms with Gasteiger partial charge in [0.1, 0.15) is 5.78 Å². The van der Waals surface area contributed by atoms with Gasteiger partial charge in [0, 0.05) is 12.3 Å². The molecule has 7 heteroatoms. The Morgan fingerprint density at radius 2 is 1.58 bits per heavy atom. The first-order chi connectivity index (χ1) is 15.7. The first-order valence-corrected chi connectivity index (χ1v) is 13.2. The molecule has 1 saturated carbocycles. The van der Waals surface area contributed by atoms with Crippen molar-refractivity contribution in [2.24, 2.45) is 11.8 Å². The summed E-state index contributed by atoms with van der Waals surface area (Å²) >= 11 is 0.